The molecule has 4 nitrogen and oxygen atoms in total. The SMILES string of the molecule is CC(CN)CN1CCN(C(=O)c2cccc(F)c2)CC1. The van der Waals surface area contributed by atoms with Crippen LogP contribution in [0.3, 0.4) is 0 Å². The Morgan fingerprint density at radius 3 is 2.65 bits per heavy atom. The van der Waals surface area contributed by atoms with E-state index < -0.39 is 0 Å². The average Bonchev–Trinajstić information content (AvgIpc) is 2.47. The van der Waals surface area contributed by atoms with Gasteiger partial charge in [-0.3, -0.25) is 9.69 Å². The molecule has 1 aromatic rings. The number of hydrogen-bond donors (Lipinski definition) is 1. The molecule has 1 aliphatic heterocycles. The highest BCUT2D eigenvalue weighted by Crippen LogP contribution is 2.11. The highest BCUT2D eigenvalue weighted by Gasteiger charge is 2.22. The Labute approximate surface area is 119 Å². The summed E-state index contributed by atoms with van der Waals surface area (Å²) < 4.78 is 13.1. The van der Waals surface area contributed by atoms with Crippen molar-refractivity contribution in [2.45, 2.75) is 6.92 Å². The van der Waals surface area contributed by atoms with Gasteiger partial charge in [0.15, 0.2) is 0 Å². The third-order valence-corrected chi connectivity index (χ3v) is 3.70. The van der Waals surface area contributed by atoms with Crippen molar-refractivity contribution in [3.63, 3.8) is 0 Å². The highest BCUT2D eigenvalue weighted by molar-refractivity contribution is 5.94. The maximum atomic E-state index is 13.1. The number of piperazine rings is 1. The van der Waals surface area contributed by atoms with Crippen molar-refractivity contribution in [3.05, 3.63) is 35.6 Å². The molecule has 1 amide bonds. The minimum atomic E-state index is -0.369. The zero-order chi connectivity index (χ0) is 14.5. The third-order valence-electron chi connectivity index (χ3n) is 3.70. The van der Waals surface area contributed by atoms with Gasteiger partial charge in [-0.1, -0.05) is 13.0 Å². The minimum Gasteiger partial charge on any atom is -0.336 e. The second-order valence-electron chi connectivity index (χ2n) is 5.44. The molecule has 0 aliphatic carbocycles. The lowest BCUT2D eigenvalue weighted by Crippen LogP contribution is -2.50. The molecule has 1 aromatic carbocycles. The van der Waals surface area contributed by atoms with Gasteiger partial charge in [-0.15, -0.1) is 0 Å². The van der Waals surface area contributed by atoms with E-state index in [2.05, 4.69) is 11.8 Å². The number of halogens is 1. The van der Waals surface area contributed by atoms with Crippen LogP contribution in [0, 0.1) is 11.7 Å². The molecule has 0 spiro atoms. The van der Waals surface area contributed by atoms with E-state index in [4.69, 9.17) is 5.73 Å². The van der Waals surface area contributed by atoms with E-state index in [0.717, 1.165) is 19.6 Å². The Balaban J connectivity index is 1.89. The third kappa shape index (κ3) is 3.77. The summed E-state index contributed by atoms with van der Waals surface area (Å²) >= 11 is 0. The summed E-state index contributed by atoms with van der Waals surface area (Å²) in [6.07, 6.45) is 0. The average molecular weight is 279 g/mol. The van der Waals surface area contributed by atoms with Gasteiger partial charge >= 0.3 is 0 Å². The molecule has 1 saturated heterocycles. The van der Waals surface area contributed by atoms with Crippen LogP contribution in [-0.4, -0.2) is 55.0 Å². The number of hydrogen-bond acceptors (Lipinski definition) is 3. The van der Waals surface area contributed by atoms with E-state index in [1.54, 1.807) is 17.0 Å². The molecular weight excluding hydrogens is 257 g/mol. The van der Waals surface area contributed by atoms with Crippen molar-refractivity contribution in [2.75, 3.05) is 39.3 Å². The van der Waals surface area contributed by atoms with Crippen molar-refractivity contribution in [2.24, 2.45) is 11.7 Å². The number of carbonyl (C=O) groups is 1. The second kappa shape index (κ2) is 6.81. The van der Waals surface area contributed by atoms with E-state index in [1.165, 1.54) is 12.1 Å². The van der Waals surface area contributed by atoms with E-state index in [-0.39, 0.29) is 11.7 Å². The van der Waals surface area contributed by atoms with Crippen LogP contribution in [0.5, 0.6) is 0 Å². The van der Waals surface area contributed by atoms with Crippen LogP contribution in [0.1, 0.15) is 17.3 Å². The standard InChI is InChI=1S/C15H22FN3O/c1-12(10-17)11-18-5-7-19(8-6-18)15(20)13-3-2-4-14(16)9-13/h2-4,9,12H,5-8,10-11,17H2,1H3. The number of nitrogens with zero attached hydrogens (tertiary/aromatic N) is 2. The molecule has 2 N–H and O–H groups in total. The van der Waals surface area contributed by atoms with Gasteiger partial charge in [-0.2, -0.15) is 0 Å². The lowest BCUT2D eigenvalue weighted by molar-refractivity contribution is 0.0621. The van der Waals surface area contributed by atoms with Gasteiger partial charge in [-0.05, 0) is 30.7 Å². The number of carbonyl (C=O) groups excluding carboxylic acids is 1. The molecule has 1 aliphatic rings. The van der Waals surface area contributed by atoms with Gasteiger partial charge in [0.25, 0.3) is 5.91 Å². The first kappa shape index (κ1) is 14.9. The maximum absolute atomic E-state index is 13.1. The Kier molecular flexibility index (Phi) is 5.09. The number of rotatable bonds is 4. The largest absolute Gasteiger partial charge is 0.336 e. The smallest absolute Gasteiger partial charge is 0.254 e. The van der Waals surface area contributed by atoms with E-state index in [9.17, 15) is 9.18 Å². The van der Waals surface area contributed by atoms with Gasteiger partial charge < -0.3 is 10.6 Å². The highest BCUT2D eigenvalue weighted by atomic mass is 19.1. The molecule has 5 heteroatoms. The van der Waals surface area contributed by atoms with Gasteiger partial charge in [0.05, 0.1) is 0 Å². The zero-order valence-electron chi connectivity index (χ0n) is 11.9. The molecule has 0 radical (unpaired) electrons. The van der Waals surface area contributed by atoms with Gasteiger partial charge in [-0.25, -0.2) is 4.39 Å². The summed E-state index contributed by atoms with van der Waals surface area (Å²) in [5, 5.41) is 0. The molecule has 0 saturated carbocycles. The first-order valence-electron chi connectivity index (χ1n) is 7.07. The van der Waals surface area contributed by atoms with Gasteiger partial charge in [0.1, 0.15) is 5.82 Å². The summed E-state index contributed by atoms with van der Waals surface area (Å²) in [4.78, 5) is 16.4. The lowest BCUT2D eigenvalue weighted by atomic mass is 10.1. The van der Waals surface area contributed by atoms with Crippen LogP contribution in [0.25, 0.3) is 0 Å². The maximum Gasteiger partial charge on any atom is 0.254 e. The molecule has 2 rings (SSSR count). The Morgan fingerprint density at radius 2 is 2.05 bits per heavy atom. The number of amides is 1. The monoisotopic (exact) mass is 279 g/mol. The van der Waals surface area contributed by atoms with E-state index in [0.29, 0.717) is 31.1 Å². The van der Waals surface area contributed by atoms with Crippen LogP contribution in [0.4, 0.5) is 4.39 Å². The quantitative estimate of drug-likeness (QED) is 0.900. The topological polar surface area (TPSA) is 49.6 Å². The van der Waals surface area contributed by atoms with Crippen molar-refractivity contribution in [1.82, 2.24) is 9.80 Å². The Hall–Kier alpha value is -1.46. The zero-order valence-corrected chi connectivity index (χ0v) is 11.9. The number of benzene rings is 1. The van der Waals surface area contributed by atoms with Crippen molar-refractivity contribution >= 4 is 5.91 Å². The molecule has 0 aromatic heterocycles. The molecule has 20 heavy (non-hydrogen) atoms. The molecule has 1 atom stereocenters. The number of nitrogens with two attached hydrogens (primary N) is 1. The van der Waals surface area contributed by atoms with E-state index >= 15 is 0 Å². The van der Waals surface area contributed by atoms with E-state index in [1.807, 2.05) is 0 Å². The fourth-order valence-corrected chi connectivity index (χ4v) is 2.45. The fraction of sp³-hybridized carbons (Fsp3) is 0.533. The van der Waals surface area contributed by atoms with Crippen molar-refractivity contribution in [1.29, 1.82) is 0 Å². The Morgan fingerprint density at radius 1 is 1.35 bits per heavy atom. The second-order valence-corrected chi connectivity index (χ2v) is 5.44. The van der Waals surface area contributed by atoms with Gasteiger partial charge in [0, 0.05) is 38.3 Å². The first-order chi connectivity index (χ1) is 9.60. The predicted molar refractivity (Wildman–Crippen MR) is 77.0 cm³/mol. The van der Waals surface area contributed by atoms with Gasteiger partial charge in [0.2, 0.25) is 0 Å². The molecule has 110 valence electrons. The van der Waals surface area contributed by atoms with Crippen LogP contribution in [0.15, 0.2) is 24.3 Å². The summed E-state index contributed by atoms with van der Waals surface area (Å²) in [5.74, 6) is 0.0164. The molecular formula is C15H22FN3O. The molecule has 1 unspecified atom stereocenters. The lowest BCUT2D eigenvalue weighted by Gasteiger charge is -2.35. The molecule has 0 bridgehead atoms. The predicted octanol–water partition coefficient (Wildman–Crippen LogP) is 1.18. The fourth-order valence-electron chi connectivity index (χ4n) is 2.45. The normalized spacial score (nSPS) is 18.1. The van der Waals surface area contributed by atoms with Crippen LogP contribution < -0.4 is 5.73 Å². The summed E-state index contributed by atoms with van der Waals surface area (Å²) in [6, 6.07) is 5.88. The Bertz CT molecular complexity index is 458. The summed E-state index contributed by atoms with van der Waals surface area (Å²) in [7, 11) is 0. The van der Waals surface area contributed by atoms with Crippen molar-refractivity contribution < 1.29 is 9.18 Å². The van der Waals surface area contributed by atoms with Crippen molar-refractivity contribution in [3.8, 4) is 0 Å². The van der Waals surface area contributed by atoms with Crippen LogP contribution in [-0.2, 0) is 0 Å². The first-order valence-corrected chi connectivity index (χ1v) is 7.07. The summed E-state index contributed by atoms with van der Waals surface area (Å²) in [5.41, 5.74) is 6.05. The molecule has 1 heterocycles. The minimum absolute atomic E-state index is 0.0870. The summed E-state index contributed by atoms with van der Waals surface area (Å²) in [6.45, 7) is 6.86. The molecule has 1 fully saturated rings. The van der Waals surface area contributed by atoms with Crippen LogP contribution >= 0.6 is 0 Å². The van der Waals surface area contributed by atoms with Crippen LogP contribution in [0.2, 0.25) is 0 Å².